The fraction of sp³-hybridized carbons (Fsp3) is 0.263. The number of halogens is 1. The Morgan fingerprint density at radius 2 is 1.61 bits per heavy atom. The van der Waals surface area contributed by atoms with Gasteiger partial charge in [-0.25, -0.2) is 0 Å². The number of nitrogens with one attached hydrogen (secondary N) is 1. The van der Waals surface area contributed by atoms with Crippen LogP contribution in [-0.2, 0) is 0 Å². The standard InChI is InChI=1S/C19H18BrNO2/c1-3-6-11(2)21-15-10-9-14(20)16-17(15)19(23)13-8-5-4-7-12(13)18(16)22/h4-5,7-11,21H,3,6H2,1-2H3. The number of carbonyl (C=O) groups is 2. The lowest BCUT2D eigenvalue weighted by Crippen LogP contribution is -2.25. The van der Waals surface area contributed by atoms with Crippen LogP contribution in [0.5, 0.6) is 0 Å². The van der Waals surface area contributed by atoms with Crippen molar-refractivity contribution in [3.05, 3.63) is 63.1 Å². The van der Waals surface area contributed by atoms with Crippen molar-refractivity contribution in [1.29, 1.82) is 0 Å². The van der Waals surface area contributed by atoms with E-state index in [1.807, 2.05) is 12.1 Å². The second-order valence-electron chi connectivity index (χ2n) is 5.88. The second kappa shape index (κ2) is 6.28. The molecule has 0 aliphatic heterocycles. The summed E-state index contributed by atoms with van der Waals surface area (Å²) in [6, 6.07) is 11.0. The Balaban J connectivity index is 2.15. The topological polar surface area (TPSA) is 46.2 Å². The molecule has 2 aromatic carbocycles. The van der Waals surface area contributed by atoms with E-state index in [9.17, 15) is 9.59 Å². The number of ketones is 2. The summed E-state index contributed by atoms with van der Waals surface area (Å²) in [4.78, 5) is 25.8. The van der Waals surface area contributed by atoms with Crippen LogP contribution in [0.15, 0.2) is 40.9 Å². The molecule has 4 heteroatoms. The lowest BCUT2D eigenvalue weighted by Gasteiger charge is -2.23. The molecule has 0 amide bonds. The summed E-state index contributed by atoms with van der Waals surface area (Å²) in [6.07, 6.45) is 2.06. The van der Waals surface area contributed by atoms with Gasteiger partial charge in [0.25, 0.3) is 0 Å². The number of fused-ring (bicyclic) bond motifs is 2. The van der Waals surface area contributed by atoms with Crippen molar-refractivity contribution in [2.45, 2.75) is 32.7 Å². The van der Waals surface area contributed by atoms with Gasteiger partial charge in [0.1, 0.15) is 0 Å². The Labute approximate surface area is 144 Å². The van der Waals surface area contributed by atoms with Crippen LogP contribution in [-0.4, -0.2) is 17.6 Å². The number of hydrogen-bond donors (Lipinski definition) is 1. The van der Waals surface area contributed by atoms with Gasteiger partial charge in [-0.15, -0.1) is 0 Å². The molecule has 0 spiro atoms. The van der Waals surface area contributed by atoms with E-state index in [2.05, 4.69) is 35.1 Å². The highest BCUT2D eigenvalue weighted by Gasteiger charge is 2.33. The average Bonchev–Trinajstić information content (AvgIpc) is 2.54. The number of carbonyl (C=O) groups excluding carboxylic acids is 2. The summed E-state index contributed by atoms with van der Waals surface area (Å²) in [5.74, 6) is -0.198. The molecule has 0 saturated heterocycles. The Hall–Kier alpha value is -1.94. The summed E-state index contributed by atoms with van der Waals surface area (Å²) in [5, 5.41) is 3.39. The molecule has 2 aromatic rings. The van der Waals surface area contributed by atoms with E-state index < -0.39 is 0 Å². The lowest BCUT2D eigenvalue weighted by atomic mass is 9.83. The highest BCUT2D eigenvalue weighted by atomic mass is 79.9. The molecular formula is C19H18BrNO2. The maximum atomic E-state index is 13.0. The third-order valence-corrected chi connectivity index (χ3v) is 4.81. The van der Waals surface area contributed by atoms with Crippen molar-refractivity contribution in [3.8, 4) is 0 Å². The molecule has 1 atom stereocenters. The zero-order valence-electron chi connectivity index (χ0n) is 13.2. The summed E-state index contributed by atoms with van der Waals surface area (Å²) in [5.41, 5.74) is 2.63. The van der Waals surface area contributed by atoms with Gasteiger partial charge in [-0.3, -0.25) is 9.59 Å². The van der Waals surface area contributed by atoms with Crippen molar-refractivity contribution in [2.24, 2.45) is 0 Å². The summed E-state index contributed by atoms with van der Waals surface area (Å²) >= 11 is 3.43. The fourth-order valence-corrected chi connectivity index (χ4v) is 3.58. The van der Waals surface area contributed by atoms with Gasteiger partial charge in [-0.1, -0.05) is 53.5 Å². The Kier molecular flexibility index (Phi) is 4.35. The van der Waals surface area contributed by atoms with E-state index in [1.165, 1.54) is 0 Å². The molecule has 1 N–H and O–H groups in total. The van der Waals surface area contributed by atoms with Gasteiger partial charge in [0, 0.05) is 32.9 Å². The van der Waals surface area contributed by atoms with Crippen LogP contribution in [0.2, 0.25) is 0 Å². The van der Waals surface area contributed by atoms with Crippen molar-refractivity contribution in [3.63, 3.8) is 0 Å². The molecule has 0 fully saturated rings. The highest BCUT2D eigenvalue weighted by molar-refractivity contribution is 9.10. The van der Waals surface area contributed by atoms with E-state index in [4.69, 9.17) is 0 Å². The van der Waals surface area contributed by atoms with Gasteiger partial charge >= 0.3 is 0 Å². The molecular weight excluding hydrogens is 354 g/mol. The third-order valence-electron chi connectivity index (χ3n) is 4.15. The zero-order valence-corrected chi connectivity index (χ0v) is 14.7. The minimum Gasteiger partial charge on any atom is -0.382 e. The van der Waals surface area contributed by atoms with Gasteiger partial charge in [0.2, 0.25) is 0 Å². The Bertz CT molecular complexity index is 798. The normalized spacial score (nSPS) is 14.2. The van der Waals surface area contributed by atoms with E-state index in [0.29, 0.717) is 26.7 Å². The molecule has 3 nitrogen and oxygen atoms in total. The highest BCUT2D eigenvalue weighted by Crippen LogP contribution is 2.36. The SMILES string of the molecule is CCCC(C)Nc1ccc(Br)c2c1C(=O)c1ccccc1C2=O. The van der Waals surface area contributed by atoms with Gasteiger partial charge in [-0.2, -0.15) is 0 Å². The predicted molar refractivity (Wildman–Crippen MR) is 95.4 cm³/mol. The van der Waals surface area contributed by atoms with Crippen molar-refractivity contribution in [1.82, 2.24) is 0 Å². The van der Waals surface area contributed by atoms with Gasteiger partial charge < -0.3 is 5.32 Å². The monoisotopic (exact) mass is 371 g/mol. The van der Waals surface area contributed by atoms with E-state index in [-0.39, 0.29) is 17.6 Å². The van der Waals surface area contributed by atoms with Crippen molar-refractivity contribution < 1.29 is 9.59 Å². The van der Waals surface area contributed by atoms with E-state index in [1.54, 1.807) is 24.3 Å². The summed E-state index contributed by atoms with van der Waals surface area (Å²) in [7, 11) is 0. The van der Waals surface area contributed by atoms with Crippen LogP contribution in [0.4, 0.5) is 5.69 Å². The largest absolute Gasteiger partial charge is 0.382 e. The Morgan fingerprint density at radius 3 is 2.22 bits per heavy atom. The minimum atomic E-state index is -0.103. The first kappa shape index (κ1) is 15.9. The lowest BCUT2D eigenvalue weighted by molar-refractivity contribution is 0.0979. The number of benzene rings is 2. The van der Waals surface area contributed by atoms with Crippen LogP contribution in [0.3, 0.4) is 0 Å². The predicted octanol–water partition coefficient (Wildman–Crippen LogP) is 4.83. The summed E-state index contributed by atoms with van der Waals surface area (Å²) in [6.45, 7) is 4.21. The molecule has 1 unspecified atom stereocenters. The third kappa shape index (κ3) is 2.72. The molecule has 0 saturated carbocycles. The van der Waals surface area contributed by atoms with Crippen LogP contribution in [0, 0.1) is 0 Å². The van der Waals surface area contributed by atoms with Gasteiger partial charge in [0.05, 0.1) is 5.56 Å². The first-order chi connectivity index (χ1) is 11.0. The maximum absolute atomic E-state index is 13.0. The van der Waals surface area contributed by atoms with Crippen LogP contribution >= 0.6 is 15.9 Å². The van der Waals surface area contributed by atoms with Gasteiger partial charge in [0.15, 0.2) is 11.6 Å². The molecule has 1 aliphatic rings. The van der Waals surface area contributed by atoms with Crippen LogP contribution in [0.25, 0.3) is 0 Å². The molecule has 1 aliphatic carbocycles. The number of rotatable bonds is 4. The van der Waals surface area contributed by atoms with Crippen molar-refractivity contribution >= 4 is 33.2 Å². The maximum Gasteiger partial charge on any atom is 0.196 e. The number of hydrogen-bond acceptors (Lipinski definition) is 3. The van der Waals surface area contributed by atoms with Gasteiger partial charge in [-0.05, 0) is 25.5 Å². The molecule has 0 aromatic heterocycles. The first-order valence-electron chi connectivity index (χ1n) is 7.82. The van der Waals surface area contributed by atoms with E-state index in [0.717, 1.165) is 18.5 Å². The molecule has 118 valence electrons. The van der Waals surface area contributed by atoms with Crippen LogP contribution < -0.4 is 5.32 Å². The average molecular weight is 372 g/mol. The summed E-state index contributed by atoms with van der Waals surface area (Å²) < 4.78 is 0.661. The first-order valence-corrected chi connectivity index (χ1v) is 8.61. The van der Waals surface area contributed by atoms with E-state index >= 15 is 0 Å². The van der Waals surface area contributed by atoms with Crippen molar-refractivity contribution in [2.75, 3.05) is 5.32 Å². The quantitative estimate of drug-likeness (QED) is 0.714. The fourth-order valence-electron chi connectivity index (χ4n) is 3.07. The molecule has 0 radical (unpaired) electrons. The zero-order chi connectivity index (χ0) is 16.6. The van der Waals surface area contributed by atoms with Crippen LogP contribution in [0.1, 0.15) is 58.5 Å². The molecule has 0 heterocycles. The molecule has 3 rings (SSSR count). The number of anilines is 1. The minimum absolute atomic E-state index is 0.0947. The second-order valence-corrected chi connectivity index (χ2v) is 6.74. The molecule has 0 bridgehead atoms. The molecule has 23 heavy (non-hydrogen) atoms. The Morgan fingerprint density at radius 1 is 1.00 bits per heavy atom. The smallest absolute Gasteiger partial charge is 0.196 e.